The SMILES string of the molecule is CC(NC1CCCCC1O)c1cccc(C(F)(F)F)c1. The average Bonchev–Trinajstić information content (AvgIpc) is 2.40. The minimum absolute atomic E-state index is 0.0340. The highest BCUT2D eigenvalue weighted by Gasteiger charge is 2.31. The Bertz CT molecular complexity index is 447. The molecule has 1 aromatic rings. The van der Waals surface area contributed by atoms with E-state index in [9.17, 15) is 18.3 Å². The van der Waals surface area contributed by atoms with Crippen LogP contribution in [0.2, 0.25) is 0 Å². The third-order valence-corrected chi connectivity index (χ3v) is 3.91. The van der Waals surface area contributed by atoms with Crippen LogP contribution in [0.3, 0.4) is 0 Å². The maximum absolute atomic E-state index is 12.7. The monoisotopic (exact) mass is 287 g/mol. The number of hydrogen-bond donors (Lipinski definition) is 2. The van der Waals surface area contributed by atoms with Gasteiger partial charge in [-0.15, -0.1) is 0 Å². The molecule has 0 aromatic heterocycles. The lowest BCUT2D eigenvalue weighted by Gasteiger charge is -2.31. The van der Waals surface area contributed by atoms with Gasteiger partial charge in [0.1, 0.15) is 0 Å². The van der Waals surface area contributed by atoms with E-state index in [-0.39, 0.29) is 12.1 Å². The predicted molar refractivity (Wildman–Crippen MR) is 71.3 cm³/mol. The Balaban J connectivity index is 2.07. The molecule has 0 saturated heterocycles. The molecule has 3 unspecified atom stereocenters. The van der Waals surface area contributed by atoms with E-state index in [1.807, 2.05) is 6.92 Å². The van der Waals surface area contributed by atoms with E-state index in [2.05, 4.69) is 5.32 Å². The molecule has 0 spiro atoms. The van der Waals surface area contributed by atoms with Crippen molar-refractivity contribution in [3.8, 4) is 0 Å². The standard InChI is InChI=1S/C15H20F3NO/c1-10(19-13-7-2-3-8-14(13)20)11-5-4-6-12(9-11)15(16,17)18/h4-6,9-10,13-14,19-20H,2-3,7-8H2,1H3. The highest BCUT2D eigenvalue weighted by atomic mass is 19.4. The molecule has 2 N–H and O–H groups in total. The van der Waals surface area contributed by atoms with E-state index < -0.39 is 17.8 Å². The van der Waals surface area contributed by atoms with Gasteiger partial charge < -0.3 is 10.4 Å². The summed E-state index contributed by atoms with van der Waals surface area (Å²) in [6.45, 7) is 1.83. The van der Waals surface area contributed by atoms with Crippen molar-refractivity contribution in [1.82, 2.24) is 5.32 Å². The van der Waals surface area contributed by atoms with Crippen molar-refractivity contribution in [2.24, 2.45) is 0 Å². The van der Waals surface area contributed by atoms with E-state index in [0.717, 1.165) is 31.7 Å². The van der Waals surface area contributed by atoms with Gasteiger partial charge in [0.25, 0.3) is 0 Å². The van der Waals surface area contributed by atoms with Crippen LogP contribution in [0, 0.1) is 0 Å². The van der Waals surface area contributed by atoms with Crippen molar-refractivity contribution in [1.29, 1.82) is 0 Å². The highest BCUT2D eigenvalue weighted by Crippen LogP contribution is 2.31. The summed E-state index contributed by atoms with van der Waals surface area (Å²) in [6.07, 6.45) is -1.05. The summed E-state index contributed by atoms with van der Waals surface area (Å²) in [5, 5.41) is 13.2. The van der Waals surface area contributed by atoms with Crippen LogP contribution in [-0.2, 0) is 6.18 Å². The zero-order chi connectivity index (χ0) is 14.8. The Morgan fingerprint density at radius 3 is 2.60 bits per heavy atom. The smallest absolute Gasteiger partial charge is 0.392 e. The van der Waals surface area contributed by atoms with Gasteiger partial charge in [0.15, 0.2) is 0 Å². The lowest BCUT2D eigenvalue weighted by atomic mass is 9.91. The first-order valence-corrected chi connectivity index (χ1v) is 6.99. The Morgan fingerprint density at radius 1 is 1.25 bits per heavy atom. The summed E-state index contributed by atoms with van der Waals surface area (Å²) in [5.41, 5.74) is -0.0366. The van der Waals surface area contributed by atoms with Crippen LogP contribution in [0.1, 0.15) is 49.8 Å². The molecule has 2 rings (SSSR count). The van der Waals surface area contributed by atoms with Gasteiger partial charge in [0.2, 0.25) is 0 Å². The Hall–Kier alpha value is -1.07. The molecule has 0 amide bonds. The van der Waals surface area contributed by atoms with Crippen LogP contribution < -0.4 is 5.32 Å². The van der Waals surface area contributed by atoms with Crippen molar-refractivity contribution in [3.05, 3.63) is 35.4 Å². The summed E-state index contributed by atoms with van der Waals surface area (Å²) in [7, 11) is 0. The summed E-state index contributed by atoms with van der Waals surface area (Å²) < 4.78 is 38.1. The number of rotatable bonds is 3. The van der Waals surface area contributed by atoms with Gasteiger partial charge in [-0.1, -0.05) is 25.0 Å². The average molecular weight is 287 g/mol. The molecule has 0 radical (unpaired) electrons. The number of nitrogens with one attached hydrogen (secondary N) is 1. The summed E-state index contributed by atoms with van der Waals surface area (Å²) in [6, 6.07) is 5.11. The molecule has 5 heteroatoms. The number of aliphatic hydroxyl groups is 1. The topological polar surface area (TPSA) is 32.3 Å². The molecule has 1 aromatic carbocycles. The second kappa shape index (κ2) is 6.14. The van der Waals surface area contributed by atoms with Gasteiger partial charge in [0.05, 0.1) is 11.7 Å². The van der Waals surface area contributed by atoms with E-state index in [4.69, 9.17) is 0 Å². The molecule has 1 fully saturated rings. The first kappa shape index (κ1) is 15.3. The summed E-state index contributed by atoms with van der Waals surface area (Å²) in [4.78, 5) is 0. The largest absolute Gasteiger partial charge is 0.416 e. The van der Waals surface area contributed by atoms with Gasteiger partial charge in [-0.2, -0.15) is 13.2 Å². The van der Waals surface area contributed by atoms with E-state index in [1.165, 1.54) is 12.1 Å². The maximum atomic E-state index is 12.7. The molecule has 0 aliphatic heterocycles. The molecule has 3 atom stereocenters. The normalized spacial score (nSPS) is 25.4. The molecular formula is C15H20F3NO. The van der Waals surface area contributed by atoms with Crippen LogP contribution in [0.5, 0.6) is 0 Å². The fourth-order valence-electron chi connectivity index (χ4n) is 2.71. The minimum Gasteiger partial charge on any atom is -0.392 e. The van der Waals surface area contributed by atoms with Crippen molar-refractivity contribution in [2.75, 3.05) is 0 Å². The van der Waals surface area contributed by atoms with Crippen molar-refractivity contribution in [3.63, 3.8) is 0 Å². The van der Waals surface area contributed by atoms with E-state index >= 15 is 0 Å². The minimum atomic E-state index is -4.32. The number of alkyl halides is 3. The zero-order valence-electron chi connectivity index (χ0n) is 11.5. The van der Waals surface area contributed by atoms with Gasteiger partial charge in [-0.25, -0.2) is 0 Å². The molecule has 2 nitrogen and oxygen atoms in total. The fraction of sp³-hybridized carbons (Fsp3) is 0.600. The molecule has 20 heavy (non-hydrogen) atoms. The van der Waals surface area contributed by atoms with Crippen LogP contribution in [0.15, 0.2) is 24.3 Å². The quantitative estimate of drug-likeness (QED) is 0.889. The molecular weight excluding hydrogens is 267 g/mol. The second-order valence-electron chi connectivity index (χ2n) is 5.47. The van der Waals surface area contributed by atoms with Crippen molar-refractivity contribution in [2.45, 2.75) is 57.0 Å². The van der Waals surface area contributed by atoms with Crippen LogP contribution in [-0.4, -0.2) is 17.3 Å². The number of halogens is 3. The first-order chi connectivity index (χ1) is 9.38. The van der Waals surface area contributed by atoms with E-state index in [1.54, 1.807) is 6.07 Å². The summed E-state index contributed by atoms with van der Waals surface area (Å²) >= 11 is 0. The maximum Gasteiger partial charge on any atom is 0.416 e. The fourth-order valence-corrected chi connectivity index (χ4v) is 2.71. The summed E-state index contributed by atoms with van der Waals surface area (Å²) in [5.74, 6) is 0. The van der Waals surface area contributed by atoms with Gasteiger partial charge in [0, 0.05) is 12.1 Å². The second-order valence-corrected chi connectivity index (χ2v) is 5.47. The van der Waals surface area contributed by atoms with Crippen LogP contribution in [0.4, 0.5) is 13.2 Å². The number of aliphatic hydroxyl groups excluding tert-OH is 1. The van der Waals surface area contributed by atoms with Gasteiger partial charge in [-0.05, 0) is 37.5 Å². The lowest BCUT2D eigenvalue weighted by molar-refractivity contribution is -0.137. The Kier molecular flexibility index (Phi) is 4.70. The van der Waals surface area contributed by atoms with Gasteiger partial charge in [-0.3, -0.25) is 0 Å². The zero-order valence-corrected chi connectivity index (χ0v) is 11.5. The number of hydrogen-bond acceptors (Lipinski definition) is 2. The third kappa shape index (κ3) is 3.73. The van der Waals surface area contributed by atoms with Crippen molar-refractivity contribution >= 4 is 0 Å². The Labute approximate surface area is 117 Å². The highest BCUT2D eigenvalue weighted by molar-refractivity contribution is 5.27. The lowest BCUT2D eigenvalue weighted by Crippen LogP contribution is -2.43. The Morgan fingerprint density at radius 2 is 1.95 bits per heavy atom. The van der Waals surface area contributed by atoms with Crippen LogP contribution >= 0.6 is 0 Å². The molecule has 112 valence electrons. The van der Waals surface area contributed by atoms with Crippen LogP contribution in [0.25, 0.3) is 0 Å². The molecule has 1 aliphatic carbocycles. The molecule has 1 aliphatic rings. The molecule has 1 saturated carbocycles. The number of benzene rings is 1. The van der Waals surface area contributed by atoms with Crippen molar-refractivity contribution < 1.29 is 18.3 Å². The predicted octanol–water partition coefficient (Wildman–Crippen LogP) is 3.66. The molecule has 0 bridgehead atoms. The molecule has 0 heterocycles. The first-order valence-electron chi connectivity index (χ1n) is 6.99. The van der Waals surface area contributed by atoms with E-state index in [0.29, 0.717) is 5.56 Å². The third-order valence-electron chi connectivity index (χ3n) is 3.91. The van der Waals surface area contributed by atoms with Gasteiger partial charge >= 0.3 is 6.18 Å².